The zero-order valence-corrected chi connectivity index (χ0v) is 9.36. The highest BCUT2D eigenvalue weighted by molar-refractivity contribution is 5.81. The molecule has 16 heavy (non-hydrogen) atoms. The molecule has 0 amide bonds. The Morgan fingerprint density at radius 3 is 2.69 bits per heavy atom. The highest BCUT2D eigenvalue weighted by atomic mass is 16.5. The van der Waals surface area contributed by atoms with Crippen molar-refractivity contribution in [3.05, 3.63) is 36.4 Å². The molecule has 0 saturated carbocycles. The summed E-state index contributed by atoms with van der Waals surface area (Å²) >= 11 is 0. The summed E-state index contributed by atoms with van der Waals surface area (Å²) < 4.78 is 15.2. The smallest absolute Gasteiger partial charge is 0.330 e. The van der Waals surface area contributed by atoms with E-state index in [1.54, 1.807) is 25.3 Å². The lowest BCUT2D eigenvalue weighted by Crippen LogP contribution is -2.02. The average molecular weight is 222 g/mol. The molecule has 86 valence electrons. The van der Waals surface area contributed by atoms with Crippen molar-refractivity contribution in [2.24, 2.45) is 0 Å². The van der Waals surface area contributed by atoms with Gasteiger partial charge >= 0.3 is 5.97 Å². The van der Waals surface area contributed by atoms with Crippen molar-refractivity contribution in [3.63, 3.8) is 0 Å². The number of ether oxygens (including phenoxy) is 3. The van der Waals surface area contributed by atoms with Crippen molar-refractivity contribution in [1.29, 1.82) is 0 Å². The normalized spacial score (nSPS) is 9.38. The second-order valence-electron chi connectivity index (χ2n) is 2.96. The highest BCUT2D eigenvalue weighted by Crippen LogP contribution is 2.30. The highest BCUT2D eigenvalue weighted by Gasteiger charge is 2.10. The van der Waals surface area contributed by atoms with E-state index in [4.69, 9.17) is 14.2 Å². The SMILES string of the molecule is C=CC(=O)OCc1cccc(OC)c1OC. The molecule has 0 spiro atoms. The Morgan fingerprint density at radius 2 is 2.12 bits per heavy atom. The maximum atomic E-state index is 10.9. The van der Waals surface area contributed by atoms with Gasteiger partial charge in [-0.1, -0.05) is 18.7 Å². The molecule has 0 saturated heterocycles. The molecular weight excluding hydrogens is 208 g/mol. The molecule has 0 unspecified atom stereocenters. The van der Waals surface area contributed by atoms with Crippen LogP contribution in [0.5, 0.6) is 11.5 Å². The largest absolute Gasteiger partial charge is 0.493 e. The van der Waals surface area contributed by atoms with Crippen LogP contribution in [0.3, 0.4) is 0 Å². The molecule has 0 radical (unpaired) electrons. The summed E-state index contributed by atoms with van der Waals surface area (Å²) in [5.41, 5.74) is 0.747. The van der Waals surface area contributed by atoms with Gasteiger partial charge in [0.2, 0.25) is 0 Å². The van der Waals surface area contributed by atoms with Crippen molar-refractivity contribution in [3.8, 4) is 11.5 Å². The average Bonchev–Trinajstić information content (AvgIpc) is 2.34. The molecule has 1 aromatic rings. The van der Waals surface area contributed by atoms with E-state index in [1.807, 2.05) is 0 Å². The van der Waals surface area contributed by atoms with Gasteiger partial charge in [0, 0.05) is 11.6 Å². The van der Waals surface area contributed by atoms with Crippen LogP contribution < -0.4 is 9.47 Å². The Morgan fingerprint density at radius 1 is 1.38 bits per heavy atom. The molecule has 0 aliphatic heterocycles. The van der Waals surface area contributed by atoms with Gasteiger partial charge in [0.05, 0.1) is 14.2 Å². The van der Waals surface area contributed by atoms with Crippen molar-refractivity contribution < 1.29 is 19.0 Å². The lowest BCUT2D eigenvalue weighted by molar-refractivity contribution is -0.139. The lowest BCUT2D eigenvalue weighted by atomic mass is 10.2. The van der Waals surface area contributed by atoms with E-state index in [1.165, 1.54) is 7.11 Å². The van der Waals surface area contributed by atoms with Crippen LogP contribution in [0, 0.1) is 0 Å². The molecule has 0 heterocycles. The van der Waals surface area contributed by atoms with Crippen LogP contribution in [0.15, 0.2) is 30.9 Å². The van der Waals surface area contributed by atoms with E-state index in [9.17, 15) is 4.79 Å². The Hall–Kier alpha value is -1.97. The number of carbonyl (C=O) groups excluding carboxylic acids is 1. The summed E-state index contributed by atoms with van der Waals surface area (Å²) in [5.74, 6) is 0.710. The summed E-state index contributed by atoms with van der Waals surface area (Å²) in [6, 6.07) is 5.38. The molecule has 4 nitrogen and oxygen atoms in total. The van der Waals surface area contributed by atoms with E-state index in [-0.39, 0.29) is 6.61 Å². The first-order chi connectivity index (χ1) is 7.72. The van der Waals surface area contributed by atoms with Gasteiger partial charge < -0.3 is 14.2 Å². The molecule has 0 aliphatic carbocycles. The van der Waals surface area contributed by atoms with Crippen LogP contribution in [0.2, 0.25) is 0 Å². The molecule has 0 fully saturated rings. The topological polar surface area (TPSA) is 44.8 Å². The second-order valence-corrected chi connectivity index (χ2v) is 2.96. The number of hydrogen-bond acceptors (Lipinski definition) is 4. The molecule has 0 aliphatic rings. The summed E-state index contributed by atoms with van der Waals surface area (Å²) in [4.78, 5) is 10.9. The Labute approximate surface area is 94.4 Å². The maximum Gasteiger partial charge on any atom is 0.330 e. The Kier molecular flexibility index (Phi) is 4.39. The van der Waals surface area contributed by atoms with Crippen LogP contribution in [-0.4, -0.2) is 20.2 Å². The first kappa shape index (κ1) is 12.1. The zero-order chi connectivity index (χ0) is 12.0. The lowest BCUT2D eigenvalue weighted by Gasteiger charge is -2.12. The standard InChI is InChI=1S/C12H14O4/c1-4-11(13)16-8-9-6-5-7-10(14-2)12(9)15-3/h4-7H,1,8H2,2-3H3. The number of benzene rings is 1. The second kappa shape index (κ2) is 5.80. The van der Waals surface area contributed by atoms with Crippen LogP contribution in [0.4, 0.5) is 0 Å². The number of hydrogen-bond donors (Lipinski definition) is 0. The van der Waals surface area contributed by atoms with Crippen LogP contribution in [0.1, 0.15) is 5.56 Å². The molecule has 0 atom stereocenters. The molecule has 0 N–H and O–H groups in total. The molecule has 0 aromatic heterocycles. The van der Waals surface area contributed by atoms with Crippen LogP contribution >= 0.6 is 0 Å². The number of para-hydroxylation sites is 1. The van der Waals surface area contributed by atoms with Gasteiger partial charge in [-0.15, -0.1) is 0 Å². The molecule has 4 heteroatoms. The van der Waals surface area contributed by atoms with Gasteiger partial charge in [0.15, 0.2) is 11.5 Å². The van der Waals surface area contributed by atoms with E-state index >= 15 is 0 Å². The predicted octanol–water partition coefficient (Wildman–Crippen LogP) is 1.93. The first-order valence-electron chi connectivity index (χ1n) is 4.72. The Bertz CT molecular complexity index is 385. The van der Waals surface area contributed by atoms with Crippen molar-refractivity contribution in [1.82, 2.24) is 0 Å². The number of methoxy groups -OCH3 is 2. The molecule has 0 bridgehead atoms. The number of carbonyl (C=O) groups is 1. The number of rotatable bonds is 5. The molecular formula is C12H14O4. The van der Waals surface area contributed by atoms with Gasteiger partial charge in [-0.2, -0.15) is 0 Å². The third-order valence-electron chi connectivity index (χ3n) is 2.02. The van der Waals surface area contributed by atoms with Crippen molar-refractivity contribution in [2.45, 2.75) is 6.61 Å². The van der Waals surface area contributed by atoms with Gasteiger partial charge in [-0.05, 0) is 6.07 Å². The fourth-order valence-corrected chi connectivity index (χ4v) is 1.28. The van der Waals surface area contributed by atoms with E-state index in [0.717, 1.165) is 11.6 Å². The molecule has 1 aromatic carbocycles. The number of esters is 1. The van der Waals surface area contributed by atoms with E-state index < -0.39 is 5.97 Å². The van der Waals surface area contributed by atoms with Crippen molar-refractivity contribution in [2.75, 3.05) is 14.2 Å². The minimum absolute atomic E-state index is 0.130. The summed E-state index contributed by atoms with van der Waals surface area (Å²) in [6.45, 7) is 3.45. The third-order valence-corrected chi connectivity index (χ3v) is 2.02. The van der Waals surface area contributed by atoms with Crippen LogP contribution in [0.25, 0.3) is 0 Å². The van der Waals surface area contributed by atoms with Gasteiger partial charge in [0.1, 0.15) is 6.61 Å². The fourth-order valence-electron chi connectivity index (χ4n) is 1.28. The summed E-state index contributed by atoms with van der Waals surface area (Å²) in [6.07, 6.45) is 1.12. The van der Waals surface area contributed by atoms with Gasteiger partial charge in [-0.25, -0.2) is 4.79 Å². The zero-order valence-electron chi connectivity index (χ0n) is 9.36. The van der Waals surface area contributed by atoms with Crippen molar-refractivity contribution >= 4 is 5.97 Å². The predicted molar refractivity (Wildman–Crippen MR) is 59.5 cm³/mol. The fraction of sp³-hybridized carbons (Fsp3) is 0.250. The first-order valence-corrected chi connectivity index (χ1v) is 4.72. The Balaban J connectivity index is 2.86. The van der Waals surface area contributed by atoms with E-state index in [2.05, 4.69) is 6.58 Å². The minimum Gasteiger partial charge on any atom is -0.493 e. The monoisotopic (exact) mass is 222 g/mol. The van der Waals surface area contributed by atoms with Gasteiger partial charge in [-0.3, -0.25) is 0 Å². The summed E-state index contributed by atoms with van der Waals surface area (Å²) in [7, 11) is 3.09. The minimum atomic E-state index is -0.468. The summed E-state index contributed by atoms with van der Waals surface area (Å²) in [5, 5.41) is 0. The quantitative estimate of drug-likeness (QED) is 0.564. The van der Waals surface area contributed by atoms with Gasteiger partial charge in [0.25, 0.3) is 0 Å². The van der Waals surface area contributed by atoms with Crippen LogP contribution in [-0.2, 0) is 16.1 Å². The third kappa shape index (κ3) is 2.76. The van der Waals surface area contributed by atoms with E-state index in [0.29, 0.717) is 11.5 Å². The maximum absolute atomic E-state index is 10.9. The molecule has 1 rings (SSSR count).